The van der Waals surface area contributed by atoms with Gasteiger partial charge in [0.05, 0.1) is 0 Å². The van der Waals surface area contributed by atoms with Crippen molar-refractivity contribution in [2.75, 3.05) is 13.6 Å². The van der Waals surface area contributed by atoms with Gasteiger partial charge in [-0.05, 0) is 6.92 Å². The number of amidine groups is 1. The highest BCUT2D eigenvalue weighted by Crippen LogP contribution is 2.01. The van der Waals surface area contributed by atoms with Crippen molar-refractivity contribution in [3.05, 3.63) is 35.9 Å². The summed E-state index contributed by atoms with van der Waals surface area (Å²) < 4.78 is 0. The second-order valence-corrected chi connectivity index (χ2v) is 2.73. The van der Waals surface area contributed by atoms with Crippen LogP contribution in [0.4, 0.5) is 0 Å². The number of benzene rings is 1. The van der Waals surface area contributed by atoms with Crippen LogP contribution >= 0.6 is 0 Å². The van der Waals surface area contributed by atoms with Crippen molar-refractivity contribution in [2.24, 2.45) is 0 Å². The predicted molar refractivity (Wildman–Crippen MR) is 51.6 cm³/mol. The zero-order chi connectivity index (χ0) is 8.97. The number of rotatable bonds is 2. The molecule has 0 aliphatic rings. The Balaban J connectivity index is 2.79. The van der Waals surface area contributed by atoms with Crippen LogP contribution < -0.4 is 0 Å². The van der Waals surface area contributed by atoms with E-state index in [4.69, 9.17) is 5.41 Å². The first-order chi connectivity index (χ1) is 5.75. The Morgan fingerprint density at radius 1 is 1.33 bits per heavy atom. The van der Waals surface area contributed by atoms with Gasteiger partial charge in [0.25, 0.3) is 0 Å². The van der Waals surface area contributed by atoms with E-state index in [1.807, 2.05) is 49.2 Å². The molecule has 1 aromatic rings. The van der Waals surface area contributed by atoms with Gasteiger partial charge in [-0.3, -0.25) is 5.41 Å². The van der Waals surface area contributed by atoms with Crippen molar-refractivity contribution in [1.82, 2.24) is 4.90 Å². The fraction of sp³-hybridized carbons (Fsp3) is 0.300. The summed E-state index contributed by atoms with van der Waals surface area (Å²) in [7, 11) is 1.93. The summed E-state index contributed by atoms with van der Waals surface area (Å²) in [6, 6.07) is 9.77. The monoisotopic (exact) mass is 162 g/mol. The van der Waals surface area contributed by atoms with Crippen molar-refractivity contribution in [2.45, 2.75) is 6.92 Å². The first-order valence-electron chi connectivity index (χ1n) is 4.10. The standard InChI is InChI=1S/C10H14N2/c1-3-12(2)10(11)9-7-5-4-6-8-9/h4-8,11H,3H2,1-2H3. The summed E-state index contributed by atoms with van der Waals surface area (Å²) in [5, 5.41) is 7.76. The van der Waals surface area contributed by atoms with Gasteiger partial charge in [0.2, 0.25) is 0 Å². The van der Waals surface area contributed by atoms with Crippen LogP contribution in [0.3, 0.4) is 0 Å². The van der Waals surface area contributed by atoms with Crippen LogP contribution in [0.15, 0.2) is 30.3 Å². The number of hydrogen-bond donors (Lipinski definition) is 1. The van der Waals surface area contributed by atoms with Gasteiger partial charge in [0.1, 0.15) is 5.84 Å². The lowest BCUT2D eigenvalue weighted by atomic mass is 10.2. The Labute approximate surface area is 73.3 Å². The molecule has 0 saturated heterocycles. The largest absolute Gasteiger partial charge is 0.360 e. The van der Waals surface area contributed by atoms with Gasteiger partial charge >= 0.3 is 0 Å². The SMILES string of the molecule is CCN(C)C(=N)c1ccccc1. The molecule has 2 heteroatoms. The van der Waals surface area contributed by atoms with Gasteiger partial charge in [0.15, 0.2) is 0 Å². The van der Waals surface area contributed by atoms with E-state index in [9.17, 15) is 0 Å². The van der Waals surface area contributed by atoms with Crippen molar-refractivity contribution >= 4 is 5.84 Å². The molecule has 0 unspecified atom stereocenters. The Hall–Kier alpha value is -1.31. The quantitative estimate of drug-likeness (QED) is 0.522. The molecule has 1 aromatic carbocycles. The molecular weight excluding hydrogens is 148 g/mol. The molecule has 0 aliphatic carbocycles. The minimum absolute atomic E-state index is 0.582. The summed E-state index contributed by atoms with van der Waals surface area (Å²) in [5.74, 6) is 0.582. The topological polar surface area (TPSA) is 27.1 Å². The van der Waals surface area contributed by atoms with Crippen molar-refractivity contribution < 1.29 is 0 Å². The maximum absolute atomic E-state index is 7.76. The number of hydrogen-bond acceptors (Lipinski definition) is 1. The molecule has 0 fully saturated rings. The molecule has 0 aromatic heterocycles. The second-order valence-electron chi connectivity index (χ2n) is 2.73. The van der Waals surface area contributed by atoms with E-state index in [-0.39, 0.29) is 0 Å². The van der Waals surface area contributed by atoms with E-state index in [1.54, 1.807) is 0 Å². The normalized spacial score (nSPS) is 9.50. The molecule has 2 nitrogen and oxygen atoms in total. The minimum atomic E-state index is 0.582. The van der Waals surface area contributed by atoms with Crippen LogP contribution in [0.2, 0.25) is 0 Å². The molecule has 0 heterocycles. The highest BCUT2D eigenvalue weighted by atomic mass is 15.1. The van der Waals surface area contributed by atoms with E-state index in [1.165, 1.54) is 0 Å². The van der Waals surface area contributed by atoms with Crippen LogP contribution in [0.1, 0.15) is 12.5 Å². The number of nitrogens with one attached hydrogen (secondary N) is 1. The molecule has 64 valence electrons. The molecule has 0 radical (unpaired) electrons. The predicted octanol–water partition coefficient (Wildman–Crippen LogP) is 1.96. The Bertz CT molecular complexity index is 254. The lowest BCUT2D eigenvalue weighted by molar-refractivity contribution is 0.533. The molecule has 0 atom stereocenters. The lowest BCUT2D eigenvalue weighted by Crippen LogP contribution is -2.26. The molecular formula is C10H14N2. The summed E-state index contributed by atoms with van der Waals surface area (Å²) >= 11 is 0. The molecule has 0 bridgehead atoms. The van der Waals surface area contributed by atoms with Gasteiger partial charge < -0.3 is 4.90 Å². The molecule has 1 rings (SSSR count). The average molecular weight is 162 g/mol. The van der Waals surface area contributed by atoms with Crippen LogP contribution in [0.5, 0.6) is 0 Å². The molecule has 1 N–H and O–H groups in total. The maximum atomic E-state index is 7.76. The first kappa shape index (κ1) is 8.78. The van der Waals surface area contributed by atoms with Crippen molar-refractivity contribution in [1.29, 1.82) is 5.41 Å². The van der Waals surface area contributed by atoms with Gasteiger partial charge in [-0.1, -0.05) is 30.3 Å². The van der Waals surface area contributed by atoms with E-state index in [0.717, 1.165) is 12.1 Å². The van der Waals surface area contributed by atoms with Crippen LogP contribution in [-0.2, 0) is 0 Å². The third-order valence-electron chi connectivity index (χ3n) is 1.90. The zero-order valence-corrected chi connectivity index (χ0v) is 7.54. The van der Waals surface area contributed by atoms with E-state index in [0.29, 0.717) is 5.84 Å². The highest BCUT2D eigenvalue weighted by Gasteiger charge is 2.02. The first-order valence-corrected chi connectivity index (χ1v) is 4.10. The second kappa shape index (κ2) is 3.90. The minimum Gasteiger partial charge on any atom is -0.360 e. The maximum Gasteiger partial charge on any atom is 0.127 e. The van der Waals surface area contributed by atoms with Crippen molar-refractivity contribution in [3.63, 3.8) is 0 Å². The summed E-state index contributed by atoms with van der Waals surface area (Å²) in [4.78, 5) is 1.91. The molecule has 0 aliphatic heterocycles. The summed E-state index contributed by atoms with van der Waals surface area (Å²) in [5.41, 5.74) is 0.974. The third kappa shape index (κ3) is 1.84. The molecule has 0 spiro atoms. The fourth-order valence-corrected chi connectivity index (χ4v) is 0.975. The molecule has 0 amide bonds. The zero-order valence-electron chi connectivity index (χ0n) is 7.54. The Morgan fingerprint density at radius 2 is 1.92 bits per heavy atom. The average Bonchev–Trinajstić information content (AvgIpc) is 2.17. The molecule has 0 saturated carbocycles. The fourth-order valence-electron chi connectivity index (χ4n) is 0.975. The lowest BCUT2D eigenvalue weighted by Gasteiger charge is -2.17. The smallest absolute Gasteiger partial charge is 0.127 e. The summed E-state index contributed by atoms with van der Waals surface area (Å²) in [6.07, 6.45) is 0. The van der Waals surface area contributed by atoms with Crippen LogP contribution in [0, 0.1) is 5.41 Å². The van der Waals surface area contributed by atoms with Crippen LogP contribution in [-0.4, -0.2) is 24.3 Å². The number of nitrogens with zero attached hydrogens (tertiary/aromatic N) is 1. The summed E-state index contributed by atoms with van der Waals surface area (Å²) in [6.45, 7) is 2.91. The third-order valence-corrected chi connectivity index (χ3v) is 1.90. The van der Waals surface area contributed by atoms with E-state index < -0.39 is 0 Å². The van der Waals surface area contributed by atoms with Gasteiger partial charge in [-0.2, -0.15) is 0 Å². The van der Waals surface area contributed by atoms with Gasteiger partial charge in [-0.15, -0.1) is 0 Å². The highest BCUT2D eigenvalue weighted by molar-refractivity contribution is 5.96. The van der Waals surface area contributed by atoms with Crippen molar-refractivity contribution in [3.8, 4) is 0 Å². The van der Waals surface area contributed by atoms with Gasteiger partial charge in [0, 0.05) is 19.2 Å². The molecule has 12 heavy (non-hydrogen) atoms. The van der Waals surface area contributed by atoms with Gasteiger partial charge in [-0.25, -0.2) is 0 Å². The van der Waals surface area contributed by atoms with Crippen LogP contribution in [0.25, 0.3) is 0 Å². The Morgan fingerprint density at radius 3 is 2.42 bits per heavy atom. The van der Waals surface area contributed by atoms with E-state index >= 15 is 0 Å². The van der Waals surface area contributed by atoms with E-state index in [2.05, 4.69) is 0 Å². The Kier molecular flexibility index (Phi) is 2.86.